The van der Waals surface area contributed by atoms with Crippen LogP contribution in [0, 0.1) is 17.7 Å². The van der Waals surface area contributed by atoms with E-state index in [0.717, 1.165) is 6.42 Å². The number of amides is 2. The summed E-state index contributed by atoms with van der Waals surface area (Å²) < 4.78 is 18.0. The maximum Gasteiger partial charge on any atom is 0.309 e. The number of esters is 1. The van der Waals surface area contributed by atoms with Crippen LogP contribution >= 0.6 is 0 Å². The van der Waals surface area contributed by atoms with Crippen LogP contribution in [0.15, 0.2) is 48.5 Å². The quantitative estimate of drug-likeness (QED) is 0.765. The summed E-state index contributed by atoms with van der Waals surface area (Å²) in [7, 11) is 0. The maximum atomic E-state index is 13.0. The highest BCUT2D eigenvalue weighted by Gasteiger charge is 2.40. The zero-order valence-corrected chi connectivity index (χ0v) is 14.7. The largest absolute Gasteiger partial charge is 0.455 e. The van der Waals surface area contributed by atoms with Crippen molar-refractivity contribution in [3.8, 4) is 0 Å². The third-order valence-corrected chi connectivity index (χ3v) is 4.31. The second kappa shape index (κ2) is 7.99. The van der Waals surface area contributed by atoms with Crippen LogP contribution in [0.25, 0.3) is 0 Å². The predicted molar refractivity (Wildman–Crippen MR) is 97.7 cm³/mol. The number of ether oxygens (including phenoxy) is 1. The molecule has 2 N–H and O–H groups in total. The van der Waals surface area contributed by atoms with Crippen LogP contribution in [-0.4, -0.2) is 24.4 Å². The predicted octanol–water partition coefficient (Wildman–Crippen LogP) is 3.22. The number of carbonyl (C=O) groups excluding carboxylic acids is 3. The van der Waals surface area contributed by atoms with Gasteiger partial charge >= 0.3 is 5.97 Å². The van der Waals surface area contributed by atoms with Crippen LogP contribution in [0.2, 0.25) is 0 Å². The summed E-state index contributed by atoms with van der Waals surface area (Å²) in [5, 5.41) is 5.21. The Morgan fingerprint density at radius 3 is 2.41 bits per heavy atom. The Morgan fingerprint density at radius 2 is 1.74 bits per heavy atom. The van der Waals surface area contributed by atoms with Gasteiger partial charge in [0.1, 0.15) is 5.82 Å². The van der Waals surface area contributed by atoms with E-state index in [9.17, 15) is 18.8 Å². The van der Waals surface area contributed by atoms with Gasteiger partial charge in [-0.3, -0.25) is 14.4 Å². The van der Waals surface area contributed by atoms with Crippen LogP contribution < -0.4 is 10.6 Å². The van der Waals surface area contributed by atoms with Crippen LogP contribution in [0.5, 0.6) is 0 Å². The molecule has 0 spiro atoms. The van der Waals surface area contributed by atoms with Crippen molar-refractivity contribution < 1.29 is 23.5 Å². The number of hydrogen-bond donors (Lipinski definition) is 2. The third kappa shape index (κ3) is 4.91. The number of rotatable bonds is 6. The lowest BCUT2D eigenvalue weighted by molar-refractivity contribution is -0.148. The van der Waals surface area contributed by atoms with Gasteiger partial charge in [0.2, 0.25) is 0 Å². The van der Waals surface area contributed by atoms with Gasteiger partial charge in [-0.1, -0.05) is 19.1 Å². The van der Waals surface area contributed by atoms with Gasteiger partial charge in [0, 0.05) is 5.69 Å². The van der Waals surface area contributed by atoms with Gasteiger partial charge in [0.05, 0.1) is 17.2 Å². The molecule has 27 heavy (non-hydrogen) atoms. The minimum absolute atomic E-state index is 0.119. The standard InChI is InChI=1S/C20H19FN2O4/c1-12-10-16(12)20(26)27-11-18(24)23-17-5-3-2-4-15(17)19(25)22-14-8-6-13(21)7-9-14/h2-9,12,16H,10-11H2,1H3,(H,22,25)(H,23,24)/t12-,16-/m0/s1. The van der Waals surface area contributed by atoms with Gasteiger partial charge in [0.25, 0.3) is 11.8 Å². The molecular weight excluding hydrogens is 351 g/mol. The molecule has 1 saturated carbocycles. The highest BCUT2D eigenvalue weighted by atomic mass is 19.1. The second-order valence-corrected chi connectivity index (χ2v) is 6.48. The summed E-state index contributed by atoms with van der Waals surface area (Å²) in [6.45, 7) is 1.54. The number of para-hydroxylation sites is 1. The second-order valence-electron chi connectivity index (χ2n) is 6.48. The fourth-order valence-corrected chi connectivity index (χ4v) is 2.60. The molecule has 7 heteroatoms. The van der Waals surface area contributed by atoms with E-state index in [0.29, 0.717) is 11.6 Å². The Morgan fingerprint density at radius 1 is 1.07 bits per heavy atom. The number of anilines is 2. The van der Waals surface area contributed by atoms with E-state index in [4.69, 9.17) is 4.74 Å². The highest BCUT2D eigenvalue weighted by molar-refractivity contribution is 6.10. The number of hydrogen-bond acceptors (Lipinski definition) is 4. The molecule has 0 heterocycles. The van der Waals surface area contributed by atoms with Gasteiger partial charge in [-0.2, -0.15) is 0 Å². The van der Waals surface area contributed by atoms with Crippen molar-refractivity contribution in [3.05, 3.63) is 59.9 Å². The summed E-state index contributed by atoms with van der Waals surface area (Å²) in [6, 6.07) is 11.8. The van der Waals surface area contributed by atoms with E-state index < -0.39 is 24.2 Å². The Labute approximate surface area is 155 Å². The van der Waals surface area contributed by atoms with Crippen molar-refractivity contribution in [1.82, 2.24) is 0 Å². The Kier molecular flexibility index (Phi) is 5.49. The summed E-state index contributed by atoms with van der Waals surface area (Å²) in [5.41, 5.74) is 0.949. The number of nitrogens with one attached hydrogen (secondary N) is 2. The highest BCUT2D eigenvalue weighted by Crippen LogP contribution is 2.38. The average Bonchev–Trinajstić information content (AvgIpc) is 3.39. The fraction of sp³-hybridized carbons (Fsp3) is 0.250. The molecule has 2 atom stereocenters. The van der Waals surface area contributed by atoms with Crippen LogP contribution in [0.3, 0.4) is 0 Å². The zero-order valence-electron chi connectivity index (χ0n) is 14.7. The van der Waals surface area contributed by atoms with Crippen molar-refractivity contribution in [3.63, 3.8) is 0 Å². The molecule has 1 fully saturated rings. The minimum atomic E-state index is -0.529. The molecule has 1 aliphatic carbocycles. The first-order valence-electron chi connectivity index (χ1n) is 8.56. The lowest BCUT2D eigenvalue weighted by Crippen LogP contribution is -2.23. The van der Waals surface area contributed by atoms with Gasteiger partial charge in [-0.15, -0.1) is 0 Å². The molecule has 140 valence electrons. The molecule has 3 rings (SSSR count). The van der Waals surface area contributed by atoms with Gasteiger partial charge in [-0.05, 0) is 48.7 Å². The molecule has 0 unspecified atom stereocenters. The first kappa shape index (κ1) is 18.6. The van der Waals surface area contributed by atoms with Crippen LogP contribution in [-0.2, 0) is 14.3 Å². The zero-order chi connectivity index (χ0) is 19.4. The van der Waals surface area contributed by atoms with E-state index in [1.165, 1.54) is 24.3 Å². The van der Waals surface area contributed by atoms with E-state index in [1.54, 1.807) is 24.3 Å². The molecule has 1 aliphatic rings. The molecule has 0 saturated heterocycles. The van der Waals surface area contributed by atoms with Crippen molar-refractivity contribution >= 4 is 29.2 Å². The molecule has 2 amide bonds. The van der Waals surface area contributed by atoms with Crippen molar-refractivity contribution in [2.24, 2.45) is 11.8 Å². The van der Waals surface area contributed by atoms with E-state index in [2.05, 4.69) is 10.6 Å². The first-order chi connectivity index (χ1) is 12.9. The lowest BCUT2D eigenvalue weighted by Gasteiger charge is -2.12. The Balaban J connectivity index is 1.60. The first-order valence-corrected chi connectivity index (χ1v) is 8.56. The smallest absolute Gasteiger partial charge is 0.309 e. The SMILES string of the molecule is C[C@H]1C[C@@H]1C(=O)OCC(=O)Nc1ccccc1C(=O)Nc1ccc(F)cc1. The molecule has 0 bridgehead atoms. The molecule has 2 aromatic carbocycles. The summed E-state index contributed by atoms with van der Waals surface area (Å²) in [5.74, 6) is -1.58. The molecular formula is C20H19FN2O4. The summed E-state index contributed by atoms with van der Waals surface area (Å²) >= 11 is 0. The lowest BCUT2D eigenvalue weighted by atomic mass is 10.1. The number of carbonyl (C=O) groups is 3. The molecule has 0 radical (unpaired) electrons. The van der Waals surface area contributed by atoms with Crippen molar-refractivity contribution in [2.45, 2.75) is 13.3 Å². The van der Waals surface area contributed by atoms with Crippen LogP contribution in [0.4, 0.5) is 15.8 Å². The average molecular weight is 370 g/mol. The van der Waals surface area contributed by atoms with E-state index in [1.807, 2.05) is 6.92 Å². The Hall–Kier alpha value is -3.22. The van der Waals surface area contributed by atoms with E-state index >= 15 is 0 Å². The topological polar surface area (TPSA) is 84.5 Å². The monoisotopic (exact) mass is 370 g/mol. The normalized spacial score (nSPS) is 17.7. The fourth-order valence-electron chi connectivity index (χ4n) is 2.60. The molecule has 0 aromatic heterocycles. The summed E-state index contributed by atoms with van der Waals surface area (Å²) in [6.07, 6.45) is 0.785. The maximum absolute atomic E-state index is 13.0. The summed E-state index contributed by atoms with van der Waals surface area (Å²) in [4.78, 5) is 36.2. The van der Waals surface area contributed by atoms with Gasteiger partial charge in [-0.25, -0.2) is 4.39 Å². The van der Waals surface area contributed by atoms with Gasteiger partial charge in [0.15, 0.2) is 6.61 Å². The molecule has 2 aromatic rings. The number of benzene rings is 2. The molecule has 0 aliphatic heterocycles. The van der Waals surface area contributed by atoms with Gasteiger partial charge < -0.3 is 15.4 Å². The minimum Gasteiger partial charge on any atom is -0.455 e. The van der Waals surface area contributed by atoms with Crippen molar-refractivity contribution in [2.75, 3.05) is 17.2 Å². The number of halogens is 1. The van der Waals surface area contributed by atoms with Crippen molar-refractivity contribution in [1.29, 1.82) is 0 Å². The Bertz CT molecular complexity index is 867. The van der Waals surface area contributed by atoms with E-state index in [-0.39, 0.29) is 23.1 Å². The molecule has 6 nitrogen and oxygen atoms in total. The van der Waals surface area contributed by atoms with Crippen LogP contribution in [0.1, 0.15) is 23.7 Å². The third-order valence-electron chi connectivity index (χ3n) is 4.31.